The molecule has 1 unspecified atom stereocenters. The zero-order valence-electron chi connectivity index (χ0n) is 10.7. The molecule has 0 saturated heterocycles. The molecule has 0 saturated carbocycles. The summed E-state index contributed by atoms with van der Waals surface area (Å²) in [5.41, 5.74) is 3.16. The Labute approximate surface area is 112 Å². The maximum atomic E-state index is 10.1. The number of benzene rings is 1. The van der Waals surface area contributed by atoms with Gasteiger partial charge in [0.05, 0.1) is 6.10 Å². The molecule has 96 valence electrons. The van der Waals surface area contributed by atoms with Gasteiger partial charge in [0.25, 0.3) is 0 Å². The van der Waals surface area contributed by atoms with Crippen molar-refractivity contribution in [3.63, 3.8) is 0 Å². The van der Waals surface area contributed by atoms with Crippen LogP contribution in [0.15, 0.2) is 29.6 Å². The number of rotatable bonds is 5. The zero-order valence-corrected chi connectivity index (χ0v) is 11.5. The number of aryl methyl sites for hydroxylation is 2. The highest BCUT2D eigenvalue weighted by Gasteiger charge is 2.09. The molecule has 0 amide bonds. The fraction of sp³-hybridized carbons (Fsp3) is 0.357. The summed E-state index contributed by atoms with van der Waals surface area (Å²) < 4.78 is 0. The van der Waals surface area contributed by atoms with Crippen LogP contribution in [0.1, 0.15) is 27.9 Å². The van der Waals surface area contributed by atoms with Gasteiger partial charge in [-0.15, -0.1) is 11.3 Å². The molecule has 2 N–H and O–H groups in total. The van der Waals surface area contributed by atoms with E-state index in [0.717, 1.165) is 21.8 Å². The number of aliphatic hydroxyl groups excluding tert-OH is 1. The predicted molar refractivity (Wildman–Crippen MR) is 74.7 cm³/mol. The molecule has 0 aliphatic heterocycles. The van der Waals surface area contributed by atoms with Gasteiger partial charge in [-0.05, 0) is 25.0 Å². The molecule has 1 aromatic heterocycles. The molecule has 0 aliphatic carbocycles. The van der Waals surface area contributed by atoms with E-state index in [2.05, 4.69) is 10.3 Å². The summed E-state index contributed by atoms with van der Waals surface area (Å²) in [6.07, 6.45) is -0.466. The van der Waals surface area contributed by atoms with Crippen molar-refractivity contribution in [3.05, 3.63) is 51.5 Å². The van der Waals surface area contributed by atoms with Crippen molar-refractivity contribution in [1.29, 1.82) is 0 Å². The highest BCUT2D eigenvalue weighted by Crippen LogP contribution is 2.16. The molecule has 3 nitrogen and oxygen atoms in total. The van der Waals surface area contributed by atoms with Crippen molar-refractivity contribution in [2.45, 2.75) is 26.5 Å². The van der Waals surface area contributed by atoms with Crippen LogP contribution in [0.3, 0.4) is 0 Å². The van der Waals surface area contributed by atoms with E-state index in [-0.39, 0.29) is 0 Å². The first-order valence-electron chi connectivity index (χ1n) is 6.02. The van der Waals surface area contributed by atoms with Crippen molar-refractivity contribution in [3.8, 4) is 0 Å². The third-order valence-electron chi connectivity index (χ3n) is 2.83. The van der Waals surface area contributed by atoms with Crippen LogP contribution in [-0.4, -0.2) is 16.6 Å². The van der Waals surface area contributed by atoms with Crippen LogP contribution in [0, 0.1) is 13.8 Å². The quantitative estimate of drug-likeness (QED) is 0.870. The Kier molecular flexibility index (Phi) is 4.47. The maximum Gasteiger partial charge on any atom is 0.107 e. The van der Waals surface area contributed by atoms with Gasteiger partial charge in [-0.25, -0.2) is 4.98 Å². The van der Waals surface area contributed by atoms with Crippen LogP contribution in [0.2, 0.25) is 0 Å². The first kappa shape index (κ1) is 13.2. The van der Waals surface area contributed by atoms with E-state index in [0.29, 0.717) is 13.1 Å². The number of hydrogen-bond acceptors (Lipinski definition) is 4. The minimum Gasteiger partial charge on any atom is -0.387 e. The summed E-state index contributed by atoms with van der Waals surface area (Å²) in [4.78, 5) is 4.37. The summed E-state index contributed by atoms with van der Waals surface area (Å²) in [7, 11) is 0. The van der Waals surface area contributed by atoms with Gasteiger partial charge in [0.15, 0.2) is 0 Å². The fourth-order valence-corrected chi connectivity index (χ4v) is 2.61. The first-order chi connectivity index (χ1) is 8.66. The minimum atomic E-state index is -0.466. The lowest BCUT2D eigenvalue weighted by Gasteiger charge is -2.13. The van der Waals surface area contributed by atoms with Crippen LogP contribution in [0.5, 0.6) is 0 Å². The molecule has 0 fully saturated rings. The number of nitrogens with one attached hydrogen (secondary N) is 1. The molecule has 1 aromatic carbocycles. The molecule has 2 aromatic rings. The van der Waals surface area contributed by atoms with Gasteiger partial charge in [0.2, 0.25) is 0 Å². The van der Waals surface area contributed by atoms with E-state index < -0.39 is 6.10 Å². The number of hydrogen-bond donors (Lipinski definition) is 2. The summed E-state index contributed by atoms with van der Waals surface area (Å²) in [6, 6.07) is 7.92. The van der Waals surface area contributed by atoms with Crippen molar-refractivity contribution < 1.29 is 5.11 Å². The van der Waals surface area contributed by atoms with Crippen molar-refractivity contribution in [2.24, 2.45) is 0 Å². The number of aliphatic hydroxyl groups is 1. The van der Waals surface area contributed by atoms with Crippen molar-refractivity contribution >= 4 is 11.3 Å². The van der Waals surface area contributed by atoms with Gasteiger partial charge >= 0.3 is 0 Å². The molecular formula is C14H18N2OS. The third-order valence-corrected chi connectivity index (χ3v) is 3.79. The lowest BCUT2D eigenvalue weighted by molar-refractivity contribution is 0.173. The van der Waals surface area contributed by atoms with Crippen LogP contribution < -0.4 is 5.32 Å². The van der Waals surface area contributed by atoms with E-state index in [1.807, 2.05) is 43.5 Å². The second-order valence-electron chi connectivity index (χ2n) is 4.39. The number of thiazole rings is 1. The molecular weight excluding hydrogens is 244 g/mol. The Morgan fingerprint density at radius 2 is 2.11 bits per heavy atom. The summed E-state index contributed by atoms with van der Waals surface area (Å²) in [5.74, 6) is 0. The lowest BCUT2D eigenvalue weighted by Crippen LogP contribution is -2.21. The van der Waals surface area contributed by atoms with E-state index in [1.54, 1.807) is 11.3 Å². The summed E-state index contributed by atoms with van der Waals surface area (Å²) >= 11 is 1.64. The zero-order chi connectivity index (χ0) is 13.0. The molecule has 1 heterocycles. The Bertz CT molecular complexity index is 510. The monoisotopic (exact) mass is 262 g/mol. The van der Waals surface area contributed by atoms with E-state index >= 15 is 0 Å². The Morgan fingerprint density at radius 1 is 1.33 bits per heavy atom. The molecule has 4 heteroatoms. The highest BCUT2D eigenvalue weighted by molar-refractivity contribution is 7.09. The van der Waals surface area contributed by atoms with Gasteiger partial charge in [-0.2, -0.15) is 0 Å². The van der Waals surface area contributed by atoms with Gasteiger partial charge in [0.1, 0.15) is 5.01 Å². The van der Waals surface area contributed by atoms with E-state index in [9.17, 15) is 5.11 Å². The average molecular weight is 262 g/mol. The molecule has 2 rings (SSSR count). The lowest BCUT2D eigenvalue weighted by atomic mass is 10.0. The topological polar surface area (TPSA) is 45.1 Å². The second-order valence-corrected chi connectivity index (χ2v) is 5.33. The van der Waals surface area contributed by atoms with E-state index in [1.165, 1.54) is 0 Å². The Morgan fingerprint density at radius 3 is 2.78 bits per heavy atom. The van der Waals surface area contributed by atoms with Crippen LogP contribution in [-0.2, 0) is 6.54 Å². The molecule has 1 atom stereocenters. The number of aromatic nitrogens is 1. The SMILES string of the molecule is Cc1csc(CNCC(O)c2ccccc2C)n1. The standard InChI is InChI=1S/C14H18N2OS/c1-10-5-3-4-6-12(10)13(17)7-15-8-14-16-11(2)9-18-14/h3-6,9,13,15,17H,7-8H2,1-2H3. The van der Waals surface area contributed by atoms with Crippen molar-refractivity contribution in [1.82, 2.24) is 10.3 Å². The molecule has 0 radical (unpaired) electrons. The fourth-order valence-electron chi connectivity index (χ4n) is 1.87. The Balaban J connectivity index is 1.85. The van der Waals surface area contributed by atoms with Crippen LogP contribution in [0.4, 0.5) is 0 Å². The van der Waals surface area contributed by atoms with Gasteiger partial charge < -0.3 is 10.4 Å². The van der Waals surface area contributed by atoms with Gasteiger partial charge in [-0.1, -0.05) is 24.3 Å². The average Bonchev–Trinajstić information content (AvgIpc) is 2.75. The van der Waals surface area contributed by atoms with E-state index in [4.69, 9.17) is 0 Å². The van der Waals surface area contributed by atoms with Gasteiger partial charge in [-0.3, -0.25) is 0 Å². The van der Waals surface area contributed by atoms with Gasteiger partial charge in [0, 0.05) is 24.2 Å². The molecule has 0 spiro atoms. The normalized spacial score (nSPS) is 12.6. The van der Waals surface area contributed by atoms with Crippen LogP contribution >= 0.6 is 11.3 Å². The third kappa shape index (κ3) is 3.38. The van der Waals surface area contributed by atoms with Crippen molar-refractivity contribution in [2.75, 3.05) is 6.54 Å². The molecule has 0 bridgehead atoms. The summed E-state index contributed by atoms with van der Waals surface area (Å²) in [5, 5.41) is 16.4. The molecule has 18 heavy (non-hydrogen) atoms. The smallest absolute Gasteiger partial charge is 0.107 e. The Hall–Kier alpha value is -1.23. The minimum absolute atomic E-state index is 0.466. The van der Waals surface area contributed by atoms with Crippen LogP contribution in [0.25, 0.3) is 0 Å². The second kappa shape index (κ2) is 6.09. The molecule has 0 aliphatic rings. The predicted octanol–water partition coefficient (Wildman–Crippen LogP) is 2.58. The maximum absolute atomic E-state index is 10.1. The number of nitrogens with zero attached hydrogens (tertiary/aromatic N) is 1. The largest absolute Gasteiger partial charge is 0.387 e. The highest BCUT2D eigenvalue weighted by atomic mass is 32.1. The summed E-state index contributed by atoms with van der Waals surface area (Å²) in [6.45, 7) is 5.26. The first-order valence-corrected chi connectivity index (χ1v) is 6.90.